The van der Waals surface area contributed by atoms with Crippen LogP contribution >= 0.6 is 0 Å². The molecule has 2 aromatic rings. The van der Waals surface area contributed by atoms with E-state index in [1.54, 1.807) is 18.2 Å². The first-order valence-electron chi connectivity index (χ1n) is 6.43. The SMILES string of the molecule is CN(C)CCNC(=O)Cn1cnc2ccccc2c1=O. The number of amides is 1. The Bertz CT molecular complexity index is 664. The Labute approximate surface area is 117 Å². The molecule has 1 amide bonds. The summed E-state index contributed by atoms with van der Waals surface area (Å²) in [5, 5.41) is 3.29. The number of nitrogens with one attached hydrogen (secondary N) is 1. The van der Waals surface area contributed by atoms with E-state index in [4.69, 9.17) is 0 Å². The standard InChI is InChI=1S/C14H18N4O2/c1-17(2)8-7-15-13(19)9-18-10-16-12-6-4-3-5-11(12)14(18)20/h3-6,10H,7-9H2,1-2H3,(H,15,19). The summed E-state index contributed by atoms with van der Waals surface area (Å²) in [6, 6.07) is 7.10. The summed E-state index contributed by atoms with van der Waals surface area (Å²) < 4.78 is 1.33. The average Bonchev–Trinajstić information content (AvgIpc) is 2.42. The Kier molecular flexibility index (Phi) is 4.47. The molecule has 2 rings (SSSR count). The third-order valence-electron chi connectivity index (χ3n) is 2.93. The van der Waals surface area contributed by atoms with Gasteiger partial charge in [-0.1, -0.05) is 12.1 Å². The number of rotatable bonds is 5. The lowest BCUT2D eigenvalue weighted by atomic mass is 10.2. The van der Waals surface area contributed by atoms with Gasteiger partial charge in [0, 0.05) is 13.1 Å². The van der Waals surface area contributed by atoms with E-state index in [-0.39, 0.29) is 18.0 Å². The van der Waals surface area contributed by atoms with E-state index >= 15 is 0 Å². The predicted molar refractivity (Wildman–Crippen MR) is 77.6 cm³/mol. The first-order chi connectivity index (χ1) is 9.58. The molecule has 6 heteroatoms. The smallest absolute Gasteiger partial charge is 0.261 e. The van der Waals surface area contributed by atoms with Crippen LogP contribution in [-0.4, -0.2) is 47.5 Å². The third-order valence-corrected chi connectivity index (χ3v) is 2.93. The summed E-state index contributed by atoms with van der Waals surface area (Å²) in [6.07, 6.45) is 1.41. The number of carbonyl (C=O) groups excluding carboxylic acids is 1. The van der Waals surface area contributed by atoms with Crippen molar-refractivity contribution in [1.82, 2.24) is 19.8 Å². The minimum Gasteiger partial charge on any atom is -0.353 e. The van der Waals surface area contributed by atoms with Crippen molar-refractivity contribution in [2.45, 2.75) is 6.54 Å². The zero-order valence-corrected chi connectivity index (χ0v) is 11.7. The second-order valence-electron chi connectivity index (χ2n) is 4.85. The van der Waals surface area contributed by atoms with Crippen LogP contribution in [0.15, 0.2) is 35.4 Å². The van der Waals surface area contributed by atoms with Crippen LogP contribution in [0.3, 0.4) is 0 Å². The lowest BCUT2D eigenvalue weighted by molar-refractivity contribution is -0.121. The minimum atomic E-state index is -0.196. The summed E-state index contributed by atoms with van der Waals surface area (Å²) in [7, 11) is 3.87. The maximum Gasteiger partial charge on any atom is 0.261 e. The second-order valence-corrected chi connectivity index (χ2v) is 4.85. The fourth-order valence-electron chi connectivity index (χ4n) is 1.85. The number of nitrogens with zero attached hydrogens (tertiary/aromatic N) is 3. The predicted octanol–water partition coefficient (Wildman–Crippen LogP) is 0.0743. The molecule has 0 aliphatic heterocycles. The topological polar surface area (TPSA) is 67.2 Å². The van der Waals surface area contributed by atoms with E-state index in [1.807, 2.05) is 25.1 Å². The fraction of sp³-hybridized carbons (Fsp3) is 0.357. The van der Waals surface area contributed by atoms with E-state index < -0.39 is 0 Å². The molecule has 0 saturated heterocycles. The molecule has 1 N–H and O–H groups in total. The van der Waals surface area contributed by atoms with Crippen molar-refractivity contribution in [1.29, 1.82) is 0 Å². The van der Waals surface area contributed by atoms with Crippen LogP contribution < -0.4 is 10.9 Å². The number of para-hydroxylation sites is 1. The van der Waals surface area contributed by atoms with Gasteiger partial charge in [0.1, 0.15) is 6.54 Å². The number of aromatic nitrogens is 2. The van der Waals surface area contributed by atoms with Gasteiger partial charge in [-0.05, 0) is 26.2 Å². The summed E-state index contributed by atoms with van der Waals surface area (Å²) in [4.78, 5) is 30.1. The molecule has 0 aliphatic rings. The zero-order chi connectivity index (χ0) is 14.5. The van der Waals surface area contributed by atoms with Gasteiger partial charge in [0.2, 0.25) is 5.91 Å². The fourth-order valence-corrected chi connectivity index (χ4v) is 1.85. The molecule has 0 radical (unpaired) electrons. The van der Waals surface area contributed by atoms with E-state index in [1.165, 1.54) is 10.9 Å². The van der Waals surface area contributed by atoms with E-state index in [9.17, 15) is 9.59 Å². The molecule has 1 aromatic carbocycles. The monoisotopic (exact) mass is 274 g/mol. The van der Waals surface area contributed by atoms with Gasteiger partial charge < -0.3 is 10.2 Å². The molecule has 6 nitrogen and oxygen atoms in total. The molecule has 106 valence electrons. The van der Waals surface area contributed by atoms with Gasteiger partial charge in [-0.25, -0.2) is 4.98 Å². The Balaban J connectivity index is 2.08. The van der Waals surface area contributed by atoms with Gasteiger partial charge in [0.05, 0.1) is 17.2 Å². The summed E-state index contributed by atoms with van der Waals surface area (Å²) in [5.41, 5.74) is 0.445. The number of likely N-dealkylation sites (N-methyl/N-ethyl adjacent to an activating group) is 1. The quantitative estimate of drug-likeness (QED) is 0.838. The minimum absolute atomic E-state index is 0.00983. The van der Waals surface area contributed by atoms with E-state index in [0.717, 1.165) is 6.54 Å². The van der Waals surface area contributed by atoms with E-state index in [0.29, 0.717) is 17.4 Å². The van der Waals surface area contributed by atoms with Crippen LogP contribution in [0.4, 0.5) is 0 Å². The van der Waals surface area contributed by atoms with Crippen LogP contribution in [0.25, 0.3) is 10.9 Å². The highest BCUT2D eigenvalue weighted by Crippen LogP contribution is 2.04. The lowest BCUT2D eigenvalue weighted by Gasteiger charge is -2.11. The van der Waals surface area contributed by atoms with Crippen molar-refractivity contribution in [3.05, 3.63) is 40.9 Å². The molecule has 0 aliphatic carbocycles. The van der Waals surface area contributed by atoms with Gasteiger partial charge in [-0.2, -0.15) is 0 Å². The van der Waals surface area contributed by atoms with Crippen molar-refractivity contribution >= 4 is 16.8 Å². The highest BCUT2D eigenvalue weighted by Gasteiger charge is 2.07. The normalized spacial score (nSPS) is 10.9. The molecular formula is C14H18N4O2. The Morgan fingerprint density at radius 1 is 1.35 bits per heavy atom. The average molecular weight is 274 g/mol. The first-order valence-corrected chi connectivity index (χ1v) is 6.43. The van der Waals surface area contributed by atoms with Crippen molar-refractivity contribution in [2.24, 2.45) is 0 Å². The van der Waals surface area contributed by atoms with Crippen LogP contribution in [0.1, 0.15) is 0 Å². The number of hydrogen-bond donors (Lipinski definition) is 1. The molecule has 0 bridgehead atoms. The van der Waals surface area contributed by atoms with Crippen LogP contribution in [0, 0.1) is 0 Å². The van der Waals surface area contributed by atoms with Crippen LogP contribution in [-0.2, 0) is 11.3 Å². The Morgan fingerprint density at radius 3 is 2.85 bits per heavy atom. The molecule has 0 fully saturated rings. The number of benzene rings is 1. The molecule has 0 spiro atoms. The lowest BCUT2D eigenvalue weighted by Crippen LogP contribution is -2.36. The summed E-state index contributed by atoms with van der Waals surface area (Å²) in [5.74, 6) is -0.189. The summed E-state index contributed by atoms with van der Waals surface area (Å²) in [6.45, 7) is 1.31. The molecule has 1 aromatic heterocycles. The van der Waals surface area contributed by atoms with Crippen molar-refractivity contribution in [3.63, 3.8) is 0 Å². The van der Waals surface area contributed by atoms with Gasteiger partial charge >= 0.3 is 0 Å². The Morgan fingerprint density at radius 2 is 2.10 bits per heavy atom. The van der Waals surface area contributed by atoms with Gasteiger partial charge in [0.15, 0.2) is 0 Å². The zero-order valence-electron chi connectivity index (χ0n) is 11.7. The maximum atomic E-state index is 12.2. The molecule has 0 atom stereocenters. The van der Waals surface area contributed by atoms with Gasteiger partial charge in [-0.15, -0.1) is 0 Å². The third kappa shape index (κ3) is 3.42. The van der Waals surface area contributed by atoms with Crippen molar-refractivity contribution < 1.29 is 4.79 Å². The van der Waals surface area contributed by atoms with Gasteiger partial charge in [0.25, 0.3) is 5.56 Å². The number of carbonyl (C=O) groups is 1. The molecular weight excluding hydrogens is 256 g/mol. The number of hydrogen-bond acceptors (Lipinski definition) is 4. The second kappa shape index (κ2) is 6.29. The maximum absolute atomic E-state index is 12.2. The highest BCUT2D eigenvalue weighted by atomic mass is 16.2. The Hall–Kier alpha value is -2.21. The molecule has 1 heterocycles. The summed E-state index contributed by atoms with van der Waals surface area (Å²) >= 11 is 0. The van der Waals surface area contributed by atoms with Crippen LogP contribution in [0.2, 0.25) is 0 Å². The largest absolute Gasteiger partial charge is 0.353 e. The highest BCUT2D eigenvalue weighted by molar-refractivity contribution is 5.78. The number of fused-ring (bicyclic) bond motifs is 1. The van der Waals surface area contributed by atoms with Gasteiger partial charge in [-0.3, -0.25) is 14.2 Å². The van der Waals surface area contributed by atoms with E-state index in [2.05, 4.69) is 10.3 Å². The van der Waals surface area contributed by atoms with Crippen LogP contribution in [0.5, 0.6) is 0 Å². The molecule has 0 saturated carbocycles. The van der Waals surface area contributed by atoms with Crippen molar-refractivity contribution in [2.75, 3.05) is 27.2 Å². The molecule has 0 unspecified atom stereocenters. The first kappa shape index (κ1) is 14.2. The molecule has 20 heavy (non-hydrogen) atoms. The van der Waals surface area contributed by atoms with Crippen molar-refractivity contribution in [3.8, 4) is 0 Å².